The molecule has 0 aliphatic heterocycles. The lowest BCUT2D eigenvalue weighted by molar-refractivity contribution is 0.379. The molecule has 90 valence electrons. The average Bonchev–Trinajstić information content (AvgIpc) is 2.76. The number of anilines is 1. The van der Waals surface area contributed by atoms with Crippen LogP contribution < -0.4 is 10.1 Å². The van der Waals surface area contributed by atoms with Crippen LogP contribution in [0, 0.1) is 6.92 Å². The van der Waals surface area contributed by atoms with E-state index in [1.807, 2.05) is 19.1 Å². The SMILES string of the molecule is CCNc1nc(OC)nc(-c2ccc(C)s2)n1. The summed E-state index contributed by atoms with van der Waals surface area (Å²) >= 11 is 1.65. The predicted molar refractivity (Wildman–Crippen MR) is 68.6 cm³/mol. The minimum Gasteiger partial charge on any atom is -0.467 e. The van der Waals surface area contributed by atoms with Crippen LogP contribution in [0.3, 0.4) is 0 Å². The molecule has 2 rings (SSSR count). The quantitative estimate of drug-likeness (QED) is 0.902. The topological polar surface area (TPSA) is 59.9 Å². The molecule has 5 nitrogen and oxygen atoms in total. The highest BCUT2D eigenvalue weighted by Crippen LogP contribution is 2.26. The molecule has 0 spiro atoms. The van der Waals surface area contributed by atoms with Gasteiger partial charge in [-0.15, -0.1) is 11.3 Å². The summed E-state index contributed by atoms with van der Waals surface area (Å²) in [5.41, 5.74) is 0. The fourth-order valence-electron chi connectivity index (χ4n) is 1.35. The Labute approximate surface area is 104 Å². The molecular weight excluding hydrogens is 236 g/mol. The molecule has 0 radical (unpaired) electrons. The summed E-state index contributed by atoms with van der Waals surface area (Å²) in [5.74, 6) is 1.19. The monoisotopic (exact) mass is 250 g/mol. The summed E-state index contributed by atoms with van der Waals surface area (Å²) in [4.78, 5) is 15.0. The fraction of sp³-hybridized carbons (Fsp3) is 0.364. The van der Waals surface area contributed by atoms with Gasteiger partial charge < -0.3 is 10.1 Å². The molecule has 0 saturated carbocycles. The van der Waals surface area contributed by atoms with Gasteiger partial charge in [-0.3, -0.25) is 0 Å². The summed E-state index contributed by atoms with van der Waals surface area (Å²) in [6.07, 6.45) is 0. The van der Waals surface area contributed by atoms with E-state index in [1.165, 1.54) is 4.88 Å². The van der Waals surface area contributed by atoms with Gasteiger partial charge in [-0.1, -0.05) is 0 Å². The number of methoxy groups -OCH3 is 1. The van der Waals surface area contributed by atoms with Crippen molar-refractivity contribution in [1.82, 2.24) is 15.0 Å². The van der Waals surface area contributed by atoms with Crippen LogP contribution in [0.1, 0.15) is 11.8 Å². The van der Waals surface area contributed by atoms with Crippen molar-refractivity contribution in [3.8, 4) is 16.7 Å². The largest absolute Gasteiger partial charge is 0.467 e. The van der Waals surface area contributed by atoms with Gasteiger partial charge in [0.1, 0.15) is 0 Å². The number of hydrogen-bond acceptors (Lipinski definition) is 6. The van der Waals surface area contributed by atoms with Crippen molar-refractivity contribution in [2.24, 2.45) is 0 Å². The van der Waals surface area contributed by atoms with Gasteiger partial charge in [0.05, 0.1) is 12.0 Å². The maximum Gasteiger partial charge on any atom is 0.321 e. The molecule has 0 atom stereocenters. The Hall–Kier alpha value is -1.69. The molecule has 2 aromatic heterocycles. The fourth-order valence-corrected chi connectivity index (χ4v) is 2.15. The van der Waals surface area contributed by atoms with Crippen molar-refractivity contribution in [1.29, 1.82) is 0 Å². The Morgan fingerprint density at radius 3 is 2.71 bits per heavy atom. The first-order chi connectivity index (χ1) is 8.22. The van der Waals surface area contributed by atoms with E-state index in [9.17, 15) is 0 Å². The number of rotatable bonds is 4. The minimum atomic E-state index is 0.331. The van der Waals surface area contributed by atoms with Gasteiger partial charge in [0, 0.05) is 11.4 Å². The van der Waals surface area contributed by atoms with Crippen LogP contribution in [0.4, 0.5) is 5.95 Å². The number of thiophene rings is 1. The molecule has 0 saturated heterocycles. The van der Waals surface area contributed by atoms with Crippen LogP contribution in [-0.4, -0.2) is 28.6 Å². The highest BCUT2D eigenvalue weighted by molar-refractivity contribution is 7.15. The number of aromatic nitrogens is 3. The Bertz CT molecular complexity index is 512. The average molecular weight is 250 g/mol. The summed E-state index contributed by atoms with van der Waals surface area (Å²) in [7, 11) is 1.55. The van der Waals surface area contributed by atoms with Gasteiger partial charge in [-0.2, -0.15) is 15.0 Å². The first-order valence-electron chi connectivity index (χ1n) is 5.33. The third-order valence-corrected chi connectivity index (χ3v) is 3.09. The van der Waals surface area contributed by atoms with E-state index in [0.29, 0.717) is 17.8 Å². The van der Waals surface area contributed by atoms with Crippen molar-refractivity contribution in [2.75, 3.05) is 19.0 Å². The predicted octanol–water partition coefficient (Wildman–Crippen LogP) is 2.35. The smallest absolute Gasteiger partial charge is 0.321 e. The molecule has 2 aromatic rings. The van der Waals surface area contributed by atoms with Crippen molar-refractivity contribution in [2.45, 2.75) is 13.8 Å². The van der Waals surface area contributed by atoms with Crippen LogP contribution in [0.2, 0.25) is 0 Å². The molecule has 0 amide bonds. The molecule has 0 aliphatic carbocycles. The molecule has 1 N–H and O–H groups in total. The van der Waals surface area contributed by atoms with E-state index in [4.69, 9.17) is 4.74 Å². The molecule has 0 unspecified atom stereocenters. The van der Waals surface area contributed by atoms with Crippen LogP contribution in [-0.2, 0) is 0 Å². The van der Waals surface area contributed by atoms with Gasteiger partial charge >= 0.3 is 6.01 Å². The standard InChI is InChI=1S/C11H14N4OS/c1-4-12-10-13-9(14-11(15-10)16-3)8-6-5-7(2)17-8/h5-6H,4H2,1-3H3,(H,12,13,14,15). The molecule has 0 bridgehead atoms. The third-order valence-electron chi connectivity index (χ3n) is 2.09. The van der Waals surface area contributed by atoms with Gasteiger partial charge in [0.25, 0.3) is 0 Å². The van der Waals surface area contributed by atoms with Gasteiger partial charge in [0.2, 0.25) is 5.95 Å². The first-order valence-corrected chi connectivity index (χ1v) is 6.15. The number of hydrogen-bond donors (Lipinski definition) is 1. The number of aryl methyl sites for hydroxylation is 1. The molecule has 0 fully saturated rings. The summed E-state index contributed by atoms with van der Waals surface area (Å²) in [6, 6.07) is 4.38. The Kier molecular flexibility index (Phi) is 3.53. The number of nitrogens with one attached hydrogen (secondary N) is 1. The van der Waals surface area contributed by atoms with Gasteiger partial charge in [0.15, 0.2) is 5.82 Å². The zero-order chi connectivity index (χ0) is 12.3. The van der Waals surface area contributed by atoms with Gasteiger partial charge in [-0.05, 0) is 26.0 Å². The maximum atomic E-state index is 5.07. The van der Waals surface area contributed by atoms with Crippen LogP contribution in [0.5, 0.6) is 6.01 Å². The van der Waals surface area contributed by atoms with Crippen LogP contribution in [0.15, 0.2) is 12.1 Å². The van der Waals surface area contributed by atoms with E-state index in [-0.39, 0.29) is 0 Å². The Balaban J connectivity index is 2.42. The third kappa shape index (κ3) is 2.71. The maximum absolute atomic E-state index is 5.07. The molecular formula is C11H14N4OS. The summed E-state index contributed by atoms with van der Waals surface area (Å²) in [5, 5.41) is 3.06. The highest BCUT2D eigenvalue weighted by Gasteiger charge is 2.09. The lowest BCUT2D eigenvalue weighted by Crippen LogP contribution is -2.05. The van der Waals surface area contributed by atoms with Crippen LogP contribution in [0.25, 0.3) is 10.7 Å². The zero-order valence-corrected chi connectivity index (χ0v) is 10.8. The Morgan fingerprint density at radius 1 is 1.29 bits per heavy atom. The lowest BCUT2D eigenvalue weighted by atomic mass is 10.4. The lowest BCUT2D eigenvalue weighted by Gasteiger charge is -2.05. The summed E-state index contributed by atoms with van der Waals surface area (Å²) < 4.78 is 5.07. The van der Waals surface area contributed by atoms with E-state index in [1.54, 1.807) is 18.4 Å². The van der Waals surface area contributed by atoms with Crippen molar-refractivity contribution in [3.63, 3.8) is 0 Å². The van der Waals surface area contributed by atoms with Crippen molar-refractivity contribution < 1.29 is 4.74 Å². The second kappa shape index (κ2) is 5.09. The van der Waals surface area contributed by atoms with E-state index < -0.39 is 0 Å². The molecule has 6 heteroatoms. The second-order valence-corrected chi connectivity index (χ2v) is 4.70. The second-order valence-electron chi connectivity index (χ2n) is 3.41. The van der Waals surface area contributed by atoms with Crippen molar-refractivity contribution >= 4 is 17.3 Å². The molecule has 0 aromatic carbocycles. The van der Waals surface area contributed by atoms with E-state index in [2.05, 4.69) is 27.2 Å². The molecule has 17 heavy (non-hydrogen) atoms. The highest BCUT2D eigenvalue weighted by atomic mass is 32.1. The normalized spacial score (nSPS) is 10.3. The minimum absolute atomic E-state index is 0.331. The number of nitrogens with zero attached hydrogens (tertiary/aromatic N) is 3. The summed E-state index contributed by atoms with van der Waals surface area (Å²) in [6.45, 7) is 4.80. The zero-order valence-electron chi connectivity index (χ0n) is 10.0. The Morgan fingerprint density at radius 2 is 2.12 bits per heavy atom. The molecule has 2 heterocycles. The van der Waals surface area contributed by atoms with Crippen LogP contribution >= 0.6 is 11.3 Å². The molecule has 0 aliphatic rings. The van der Waals surface area contributed by atoms with Crippen molar-refractivity contribution in [3.05, 3.63) is 17.0 Å². The van der Waals surface area contributed by atoms with E-state index in [0.717, 1.165) is 11.4 Å². The van der Waals surface area contributed by atoms with E-state index >= 15 is 0 Å². The first kappa shape index (κ1) is 11.8. The van der Waals surface area contributed by atoms with Gasteiger partial charge in [-0.25, -0.2) is 0 Å². The number of ether oxygens (including phenoxy) is 1.